The molecule has 5 heteroatoms. The quantitative estimate of drug-likeness (QED) is 0.799. The molecule has 4 nitrogen and oxygen atoms in total. The van der Waals surface area contributed by atoms with Crippen LogP contribution in [-0.2, 0) is 0 Å². The number of benzene rings is 1. The summed E-state index contributed by atoms with van der Waals surface area (Å²) in [7, 11) is 0. The van der Waals surface area contributed by atoms with Crippen molar-refractivity contribution in [2.45, 2.75) is 5.92 Å². The fourth-order valence-corrected chi connectivity index (χ4v) is 2.63. The second kappa shape index (κ2) is 5.06. The minimum Gasteiger partial charge on any atom is -0.486 e. The molecule has 2 aromatic rings. The van der Waals surface area contributed by atoms with Crippen LogP contribution in [0.3, 0.4) is 0 Å². The Bertz CT molecular complexity index is 666. The van der Waals surface area contributed by atoms with Gasteiger partial charge in [0.05, 0.1) is 17.7 Å². The van der Waals surface area contributed by atoms with Gasteiger partial charge in [0.1, 0.15) is 13.2 Å². The van der Waals surface area contributed by atoms with Crippen molar-refractivity contribution in [3.05, 3.63) is 30.1 Å². The first-order valence-corrected chi connectivity index (χ1v) is 7.09. The minimum atomic E-state index is -0.272. The van der Waals surface area contributed by atoms with Crippen molar-refractivity contribution in [1.82, 2.24) is 4.98 Å². The van der Waals surface area contributed by atoms with Gasteiger partial charge in [0.25, 0.3) is 0 Å². The predicted molar refractivity (Wildman–Crippen MR) is 74.9 cm³/mol. The highest BCUT2D eigenvalue weighted by atomic mass is 79.9. The maximum atomic E-state index is 9.20. The largest absolute Gasteiger partial charge is 0.486 e. The van der Waals surface area contributed by atoms with Crippen LogP contribution in [0, 0.1) is 11.3 Å². The molecular formula is C14H11BrN2O2. The van der Waals surface area contributed by atoms with Crippen molar-refractivity contribution in [2.24, 2.45) is 0 Å². The number of pyridine rings is 1. The van der Waals surface area contributed by atoms with E-state index in [1.807, 2.05) is 18.2 Å². The number of nitrogens with zero attached hydrogens (tertiary/aromatic N) is 2. The van der Waals surface area contributed by atoms with Gasteiger partial charge in [-0.25, -0.2) is 0 Å². The molecular weight excluding hydrogens is 308 g/mol. The first kappa shape index (κ1) is 12.2. The second-order valence-electron chi connectivity index (χ2n) is 4.25. The summed E-state index contributed by atoms with van der Waals surface area (Å²) in [5, 5.41) is 11.7. The number of aromatic nitrogens is 1. The molecule has 0 saturated carbocycles. The van der Waals surface area contributed by atoms with Crippen LogP contribution in [0.2, 0.25) is 0 Å². The monoisotopic (exact) mass is 318 g/mol. The summed E-state index contributed by atoms with van der Waals surface area (Å²) in [6, 6.07) is 8.03. The number of rotatable bonds is 2. The molecule has 1 unspecified atom stereocenters. The first-order chi connectivity index (χ1) is 9.33. The zero-order chi connectivity index (χ0) is 13.2. The smallest absolute Gasteiger partial charge is 0.162 e. The molecule has 1 aliphatic heterocycles. The second-order valence-corrected chi connectivity index (χ2v) is 4.90. The number of hydrogen-bond donors (Lipinski definition) is 0. The van der Waals surface area contributed by atoms with Crippen LogP contribution < -0.4 is 9.47 Å². The number of nitriles is 1. The number of hydrogen-bond acceptors (Lipinski definition) is 4. The molecule has 19 heavy (non-hydrogen) atoms. The summed E-state index contributed by atoms with van der Waals surface area (Å²) in [5.41, 5.74) is 0.772. The van der Waals surface area contributed by atoms with Gasteiger partial charge in [-0.15, -0.1) is 0 Å². The van der Waals surface area contributed by atoms with E-state index in [-0.39, 0.29) is 5.92 Å². The van der Waals surface area contributed by atoms with Gasteiger partial charge in [0.15, 0.2) is 11.5 Å². The van der Waals surface area contributed by atoms with E-state index in [9.17, 15) is 5.26 Å². The predicted octanol–water partition coefficient (Wildman–Crippen LogP) is 3.01. The third-order valence-electron chi connectivity index (χ3n) is 3.10. The summed E-state index contributed by atoms with van der Waals surface area (Å²) in [6.07, 6.45) is 1.72. The van der Waals surface area contributed by atoms with Gasteiger partial charge in [-0.2, -0.15) is 5.26 Å². The molecule has 0 N–H and O–H groups in total. The lowest BCUT2D eigenvalue weighted by molar-refractivity contribution is 0.172. The number of fused-ring (bicyclic) bond motifs is 2. The Morgan fingerprint density at radius 2 is 2.05 bits per heavy atom. The van der Waals surface area contributed by atoms with Crippen LogP contribution in [0.1, 0.15) is 11.6 Å². The van der Waals surface area contributed by atoms with Crippen molar-refractivity contribution in [2.75, 3.05) is 18.5 Å². The Hall–Kier alpha value is -1.80. The van der Waals surface area contributed by atoms with E-state index in [0.717, 1.165) is 28.0 Å². The van der Waals surface area contributed by atoms with Gasteiger partial charge in [0, 0.05) is 16.9 Å². The molecule has 1 aromatic heterocycles. The molecule has 1 aromatic carbocycles. The number of alkyl halides is 1. The van der Waals surface area contributed by atoms with Crippen LogP contribution in [-0.4, -0.2) is 23.5 Å². The number of ether oxygens (including phenoxy) is 2. The van der Waals surface area contributed by atoms with Gasteiger partial charge in [0.2, 0.25) is 0 Å². The molecule has 1 atom stereocenters. The van der Waals surface area contributed by atoms with E-state index >= 15 is 0 Å². The van der Waals surface area contributed by atoms with E-state index in [1.54, 1.807) is 6.20 Å². The van der Waals surface area contributed by atoms with Gasteiger partial charge in [-0.05, 0) is 23.6 Å². The Kier molecular flexibility index (Phi) is 3.26. The first-order valence-electron chi connectivity index (χ1n) is 5.97. The molecule has 3 rings (SSSR count). The summed E-state index contributed by atoms with van der Waals surface area (Å²) < 4.78 is 11.2. The van der Waals surface area contributed by atoms with E-state index in [0.29, 0.717) is 18.5 Å². The summed E-state index contributed by atoms with van der Waals surface area (Å²) in [4.78, 5) is 4.35. The fourth-order valence-electron chi connectivity index (χ4n) is 2.18. The Labute approximate surface area is 119 Å². The lowest BCUT2D eigenvalue weighted by atomic mass is 10.0. The van der Waals surface area contributed by atoms with E-state index < -0.39 is 0 Å². The van der Waals surface area contributed by atoms with Crippen LogP contribution in [0.5, 0.6) is 11.5 Å². The molecule has 0 fully saturated rings. The third-order valence-corrected chi connectivity index (χ3v) is 3.75. The molecule has 0 spiro atoms. The maximum absolute atomic E-state index is 9.20. The van der Waals surface area contributed by atoms with Crippen molar-refractivity contribution >= 4 is 26.7 Å². The fraction of sp³-hybridized carbons (Fsp3) is 0.286. The number of halogens is 1. The molecule has 96 valence electrons. The molecule has 2 heterocycles. The van der Waals surface area contributed by atoms with Gasteiger partial charge in [-0.1, -0.05) is 15.9 Å². The highest BCUT2D eigenvalue weighted by Gasteiger charge is 2.18. The van der Waals surface area contributed by atoms with Crippen molar-refractivity contribution < 1.29 is 9.47 Å². The average molecular weight is 319 g/mol. The maximum Gasteiger partial charge on any atom is 0.162 e. The van der Waals surface area contributed by atoms with E-state index in [1.165, 1.54) is 0 Å². The van der Waals surface area contributed by atoms with Crippen LogP contribution in [0.25, 0.3) is 10.8 Å². The highest BCUT2D eigenvalue weighted by molar-refractivity contribution is 9.09. The van der Waals surface area contributed by atoms with E-state index in [4.69, 9.17) is 9.47 Å². The lowest BCUT2D eigenvalue weighted by Gasteiger charge is -2.19. The molecule has 0 saturated heterocycles. The molecule has 0 amide bonds. The molecule has 0 bridgehead atoms. The van der Waals surface area contributed by atoms with E-state index in [2.05, 4.69) is 27.0 Å². The molecule has 1 aliphatic rings. The summed E-state index contributed by atoms with van der Waals surface area (Å²) in [5.74, 6) is 1.20. The van der Waals surface area contributed by atoms with Gasteiger partial charge >= 0.3 is 0 Å². The lowest BCUT2D eigenvalue weighted by Crippen LogP contribution is -2.15. The van der Waals surface area contributed by atoms with Crippen LogP contribution >= 0.6 is 15.9 Å². The minimum absolute atomic E-state index is 0.272. The van der Waals surface area contributed by atoms with Crippen molar-refractivity contribution in [3.8, 4) is 17.6 Å². The zero-order valence-electron chi connectivity index (χ0n) is 10.1. The van der Waals surface area contributed by atoms with Gasteiger partial charge < -0.3 is 9.47 Å². The highest BCUT2D eigenvalue weighted by Crippen LogP contribution is 2.36. The van der Waals surface area contributed by atoms with Crippen molar-refractivity contribution in [3.63, 3.8) is 0 Å². The zero-order valence-corrected chi connectivity index (χ0v) is 11.7. The summed E-state index contributed by atoms with van der Waals surface area (Å²) in [6.45, 7) is 1.12. The van der Waals surface area contributed by atoms with Crippen molar-refractivity contribution in [1.29, 1.82) is 5.26 Å². The van der Waals surface area contributed by atoms with Gasteiger partial charge in [-0.3, -0.25) is 4.98 Å². The topological polar surface area (TPSA) is 55.1 Å². The Balaban J connectivity index is 2.22. The standard InChI is InChI=1S/C14H11BrN2O2/c15-7-10(8-16)14-11-6-13-12(18-3-4-19-13)5-9(11)1-2-17-14/h1-2,5-6,10H,3-4,7H2. The Morgan fingerprint density at radius 3 is 2.74 bits per heavy atom. The Morgan fingerprint density at radius 1 is 1.32 bits per heavy atom. The molecule has 0 aliphatic carbocycles. The van der Waals surface area contributed by atoms with Crippen LogP contribution in [0.4, 0.5) is 0 Å². The van der Waals surface area contributed by atoms with Crippen LogP contribution in [0.15, 0.2) is 24.4 Å². The summed E-state index contributed by atoms with van der Waals surface area (Å²) >= 11 is 3.35. The third kappa shape index (κ3) is 2.13. The molecule has 0 radical (unpaired) electrons. The SMILES string of the molecule is N#CC(CBr)c1nccc2cc3c(cc12)OCCO3. The average Bonchev–Trinajstić information content (AvgIpc) is 2.46. The normalized spacial score (nSPS) is 14.9.